The SMILES string of the molecule is COc1ccc2c(c1)c(C(=O)N1CCN(c3ccccn3)CC1)cn2C(C)=O. The van der Waals surface area contributed by atoms with Crippen molar-refractivity contribution in [1.29, 1.82) is 0 Å². The van der Waals surface area contributed by atoms with Gasteiger partial charge in [-0.05, 0) is 30.3 Å². The zero-order valence-corrected chi connectivity index (χ0v) is 16.0. The first-order valence-corrected chi connectivity index (χ1v) is 9.24. The minimum atomic E-state index is -0.130. The van der Waals surface area contributed by atoms with Crippen molar-refractivity contribution in [3.8, 4) is 5.75 Å². The average Bonchev–Trinajstić information content (AvgIpc) is 3.13. The van der Waals surface area contributed by atoms with Gasteiger partial charge in [0, 0.05) is 50.9 Å². The number of fused-ring (bicyclic) bond motifs is 1. The highest BCUT2D eigenvalue weighted by Gasteiger charge is 2.26. The second kappa shape index (κ2) is 7.34. The molecule has 7 nitrogen and oxygen atoms in total. The molecule has 1 amide bonds. The second-order valence-corrected chi connectivity index (χ2v) is 6.78. The predicted octanol–water partition coefficient (Wildman–Crippen LogP) is 2.67. The van der Waals surface area contributed by atoms with Crippen LogP contribution in [0.4, 0.5) is 5.82 Å². The molecule has 1 aliphatic rings. The molecule has 0 aliphatic carbocycles. The van der Waals surface area contributed by atoms with Gasteiger partial charge in [-0.25, -0.2) is 4.98 Å². The van der Waals surface area contributed by atoms with Crippen molar-refractivity contribution < 1.29 is 14.3 Å². The summed E-state index contributed by atoms with van der Waals surface area (Å²) in [6.45, 7) is 4.14. The Morgan fingerprint density at radius 3 is 2.50 bits per heavy atom. The number of rotatable bonds is 3. The molecule has 1 saturated heterocycles. The third kappa shape index (κ3) is 3.19. The number of anilines is 1. The number of carbonyl (C=O) groups excluding carboxylic acids is 2. The van der Waals surface area contributed by atoms with Gasteiger partial charge >= 0.3 is 0 Å². The molecule has 0 atom stereocenters. The van der Waals surface area contributed by atoms with E-state index in [2.05, 4.69) is 9.88 Å². The van der Waals surface area contributed by atoms with E-state index in [1.807, 2.05) is 35.2 Å². The Bertz CT molecular complexity index is 1020. The van der Waals surface area contributed by atoms with Gasteiger partial charge in [0.2, 0.25) is 5.91 Å². The van der Waals surface area contributed by atoms with Gasteiger partial charge in [-0.1, -0.05) is 6.07 Å². The monoisotopic (exact) mass is 378 g/mol. The summed E-state index contributed by atoms with van der Waals surface area (Å²) in [5, 5.41) is 0.728. The van der Waals surface area contributed by atoms with Crippen LogP contribution in [-0.2, 0) is 0 Å². The van der Waals surface area contributed by atoms with Gasteiger partial charge in [-0.15, -0.1) is 0 Å². The summed E-state index contributed by atoms with van der Waals surface area (Å²) in [6, 6.07) is 11.2. The minimum absolute atomic E-state index is 0.0704. The third-order valence-corrected chi connectivity index (χ3v) is 5.12. The number of aromatic nitrogens is 2. The number of carbonyl (C=O) groups is 2. The van der Waals surface area contributed by atoms with Crippen molar-refractivity contribution in [2.24, 2.45) is 0 Å². The molecule has 3 heterocycles. The van der Waals surface area contributed by atoms with E-state index in [-0.39, 0.29) is 11.8 Å². The number of hydrogen-bond donors (Lipinski definition) is 0. The Morgan fingerprint density at radius 1 is 1.07 bits per heavy atom. The fourth-order valence-electron chi connectivity index (χ4n) is 3.62. The van der Waals surface area contributed by atoms with Gasteiger partial charge < -0.3 is 14.5 Å². The van der Waals surface area contributed by atoms with Crippen molar-refractivity contribution in [1.82, 2.24) is 14.5 Å². The van der Waals surface area contributed by atoms with Crippen molar-refractivity contribution in [3.05, 3.63) is 54.4 Å². The average molecular weight is 378 g/mol. The van der Waals surface area contributed by atoms with E-state index in [0.717, 1.165) is 24.3 Å². The highest BCUT2D eigenvalue weighted by Crippen LogP contribution is 2.27. The summed E-state index contributed by atoms with van der Waals surface area (Å²) in [7, 11) is 1.58. The zero-order valence-electron chi connectivity index (χ0n) is 16.0. The third-order valence-electron chi connectivity index (χ3n) is 5.12. The number of benzene rings is 1. The van der Waals surface area contributed by atoms with E-state index < -0.39 is 0 Å². The lowest BCUT2D eigenvalue weighted by Gasteiger charge is -2.35. The molecule has 1 aromatic carbocycles. The van der Waals surface area contributed by atoms with E-state index in [1.54, 1.807) is 25.6 Å². The van der Waals surface area contributed by atoms with Crippen LogP contribution in [0.5, 0.6) is 5.75 Å². The van der Waals surface area contributed by atoms with Crippen molar-refractivity contribution in [2.75, 3.05) is 38.2 Å². The first kappa shape index (κ1) is 18.0. The molecule has 1 fully saturated rings. The molecule has 0 unspecified atom stereocenters. The lowest BCUT2D eigenvalue weighted by atomic mass is 10.1. The van der Waals surface area contributed by atoms with Crippen molar-refractivity contribution >= 4 is 28.5 Å². The quantitative estimate of drug-likeness (QED) is 0.701. The Balaban J connectivity index is 1.60. The maximum atomic E-state index is 13.2. The van der Waals surface area contributed by atoms with E-state index in [9.17, 15) is 9.59 Å². The predicted molar refractivity (Wildman–Crippen MR) is 107 cm³/mol. The first-order valence-electron chi connectivity index (χ1n) is 9.24. The topological polar surface area (TPSA) is 67.7 Å². The van der Waals surface area contributed by atoms with Crippen molar-refractivity contribution in [3.63, 3.8) is 0 Å². The van der Waals surface area contributed by atoms with Gasteiger partial charge in [-0.3, -0.25) is 14.2 Å². The van der Waals surface area contributed by atoms with Gasteiger partial charge in [0.25, 0.3) is 5.91 Å². The maximum absolute atomic E-state index is 13.2. The number of piperazine rings is 1. The van der Waals surface area contributed by atoms with Crippen LogP contribution < -0.4 is 9.64 Å². The number of pyridine rings is 1. The summed E-state index contributed by atoms with van der Waals surface area (Å²) >= 11 is 0. The molecule has 3 aromatic rings. The van der Waals surface area contributed by atoms with Crippen LogP contribution in [-0.4, -0.2) is 59.6 Å². The standard InChI is InChI=1S/C21H22N4O3/c1-15(26)25-14-18(17-13-16(28-2)6-7-19(17)25)21(27)24-11-9-23(10-12-24)20-5-3-4-8-22-20/h3-8,13-14H,9-12H2,1-2H3. The Morgan fingerprint density at radius 2 is 1.86 bits per heavy atom. The van der Waals surface area contributed by atoms with Crippen LogP contribution in [0.25, 0.3) is 10.9 Å². The molecule has 0 N–H and O–H groups in total. The summed E-state index contributed by atoms with van der Waals surface area (Å²) in [4.78, 5) is 33.6. The normalized spacial score (nSPS) is 14.4. The highest BCUT2D eigenvalue weighted by molar-refractivity contribution is 6.09. The largest absolute Gasteiger partial charge is 0.497 e. The van der Waals surface area contributed by atoms with E-state index >= 15 is 0 Å². The summed E-state index contributed by atoms with van der Waals surface area (Å²) in [6.07, 6.45) is 3.41. The molecule has 0 radical (unpaired) electrons. The Labute approximate surface area is 163 Å². The van der Waals surface area contributed by atoms with Crippen molar-refractivity contribution in [2.45, 2.75) is 6.92 Å². The van der Waals surface area contributed by atoms with E-state index in [0.29, 0.717) is 29.9 Å². The molecular weight excluding hydrogens is 356 g/mol. The lowest BCUT2D eigenvalue weighted by Crippen LogP contribution is -2.49. The van der Waals surface area contributed by atoms with Crippen LogP contribution in [0.2, 0.25) is 0 Å². The van der Waals surface area contributed by atoms with Gasteiger partial charge in [0.05, 0.1) is 18.2 Å². The zero-order chi connectivity index (χ0) is 19.7. The molecule has 2 aromatic heterocycles. The molecule has 0 saturated carbocycles. The van der Waals surface area contributed by atoms with Gasteiger partial charge in [0.15, 0.2) is 0 Å². The molecular formula is C21H22N4O3. The van der Waals surface area contributed by atoms with Gasteiger partial charge in [-0.2, -0.15) is 0 Å². The summed E-state index contributed by atoms with van der Waals surface area (Å²) in [5.74, 6) is 1.38. The minimum Gasteiger partial charge on any atom is -0.497 e. The Hall–Kier alpha value is -3.35. The number of hydrogen-bond acceptors (Lipinski definition) is 5. The van der Waals surface area contributed by atoms with Gasteiger partial charge in [0.1, 0.15) is 11.6 Å². The van der Waals surface area contributed by atoms with E-state index in [4.69, 9.17) is 4.74 Å². The first-order chi connectivity index (χ1) is 13.6. The maximum Gasteiger partial charge on any atom is 0.256 e. The van der Waals surface area contributed by atoms with E-state index in [1.165, 1.54) is 11.5 Å². The molecule has 28 heavy (non-hydrogen) atoms. The molecule has 0 spiro atoms. The number of methoxy groups -OCH3 is 1. The van der Waals surface area contributed by atoms with Crippen LogP contribution in [0.3, 0.4) is 0 Å². The molecule has 7 heteroatoms. The van der Waals surface area contributed by atoms with Crippen LogP contribution >= 0.6 is 0 Å². The Kier molecular flexibility index (Phi) is 4.73. The smallest absolute Gasteiger partial charge is 0.256 e. The summed E-state index contributed by atoms with van der Waals surface area (Å²) in [5.41, 5.74) is 1.24. The number of ether oxygens (including phenoxy) is 1. The molecule has 4 rings (SSSR count). The second-order valence-electron chi connectivity index (χ2n) is 6.78. The van der Waals surface area contributed by atoms with Crippen LogP contribution in [0, 0.1) is 0 Å². The number of amides is 1. The van der Waals surface area contributed by atoms with Crippen LogP contribution in [0.15, 0.2) is 48.8 Å². The fraction of sp³-hybridized carbons (Fsp3) is 0.286. The highest BCUT2D eigenvalue weighted by atomic mass is 16.5. The summed E-state index contributed by atoms with van der Waals surface area (Å²) < 4.78 is 6.82. The molecule has 144 valence electrons. The fourth-order valence-corrected chi connectivity index (χ4v) is 3.62. The molecule has 0 bridgehead atoms. The van der Waals surface area contributed by atoms with Crippen LogP contribution in [0.1, 0.15) is 22.1 Å². The number of nitrogens with zero attached hydrogens (tertiary/aromatic N) is 4. The lowest BCUT2D eigenvalue weighted by molar-refractivity contribution is 0.0748. The molecule has 1 aliphatic heterocycles.